The van der Waals surface area contributed by atoms with Gasteiger partial charge < -0.3 is 9.47 Å². The molecule has 0 aliphatic rings. The van der Waals surface area contributed by atoms with Gasteiger partial charge in [0.05, 0.1) is 16.7 Å². The molecule has 244 valence electrons. The highest BCUT2D eigenvalue weighted by atomic mass is 15.1. The van der Waals surface area contributed by atoms with Crippen LogP contribution < -0.4 is 4.90 Å². The number of para-hydroxylation sites is 3. The fraction of sp³-hybridized carbons (Fsp3) is 0. The van der Waals surface area contributed by atoms with E-state index in [1.165, 1.54) is 71.3 Å². The lowest BCUT2D eigenvalue weighted by molar-refractivity contribution is 1.20. The molecule has 2 heteroatoms. The average molecular weight is 663 g/mol. The summed E-state index contributed by atoms with van der Waals surface area (Å²) in [5, 5.41) is 7.52. The Balaban J connectivity index is 1.04. The molecule has 0 aliphatic carbocycles. The Morgan fingerprint density at radius 2 is 0.808 bits per heavy atom. The predicted octanol–water partition coefficient (Wildman–Crippen LogP) is 13.9. The Labute approximate surface area is 303 Å². The zero-order valence-corrected chi connectivity index (χ0v) is 28.5. The summed E-state index contributed by atoms with van der Waals surface area (Å²) in [6, 6.07) is 74.6. The van der Waals surface area contributed by atoms with Gasteiger partial charge in [0.25, 0.3) is 0 Å². The highest BCUT2D eigenvalue weighted by molar-refractivity contribution is 6.11. The topological polar surface area (TPSA) is 8.17 Å². The van der Waals surface area contributed by atoms with Crippen LogP contribution in [0, 0.1) is 0 Å². The summed E-state index contributed by atoms with van der Waals surface area (Å²) in [7, 11) is 0. The largest absolute Gasteiger partial charge is 0.311 e. The molecule has 0 saturated carbocycles. The van der Waals surface area contributed by atoms with Crippen molar-refractivity contribution in [1.29, 1.82) is 0 Å². The zero-order chi connectivity index (χ0) is 34.4. The fourth-order valence-electron chi connectivity index (χ4n) is 7.90. The number of nitrogens with zero attached hydrogens (tertiary/aromatic N) is 2. The van der Waals surface area contributed by atoms with Crippen LogP contribution in [0.25, 0.3) is 71.3 Å². The van der Waals surface area contributed by atoms with E-state index in [1.807, 2.05) is 0 Å². The molecule has 52 heavy (non-hydrogen) atoms. The SMILES string of the molecule is c1ccc(N(c2ccc(-c3ccc4ccccc4c3)cc2)c2ccc(-c3ccc(-n4c5ccccc5c5ccccc54)c4ccccc34)cc2)cc1. The van der Waals surface area contributed by atoms with Crippen LogP contribution in [0.5, 0.6) is 0 Å². The van der Waals surface area contributed by atoms with Gasteiger partial charge in [0, 0.05) is 33.2 Å². The minimum Gasteiger partial charge on any atom is -0.311 e. The first-order valence-electron chi connectivity index (χ1n) is 17.9. The molecule has 0 amide bonds. The second-order valence-corrected chi connectivity index (χ2v) is 13.4. The van der Waals surface area contributed by atoms with Crippen molar-refractivity contribution in [3.8, 4) is 27.9 Å². The molecule has 0 unspecified atom stereocenters. The van der Waals surface area contributed by atoms with E-state index in [2.05, 4.69) is 216 Å². The van der Waals surface area contributed by atoms with Gasteiger partial charge in [0.15, 0.2) is 0 Å². The third kappa shape index (κ3) is 5.04. The van der Waals surface area contributed by atoms with E-state index in [-0.39, 0.29) is 0 Å². The highest BCUT2D eigenvalue weighted by Gasteiger charge is 2.17. The molecular weight excluding hydrogens is 629 g/mol. The van der Waals surface area contributed by atoms with Crippen LogP contribution in [0.1, 0.15) is 0 Å². The van der Waals surface area contributed by atoms with Gasteiger partial charge in [-0.25, -0.2) is 0 Å². The summed E-state index contributed by atoms with van der Waals surface area (Å²) in [6.07, 6.45) is 0. The number of aromatic nitrogens is 1. The Morgan fingerprint density at radius 3 is 1.48 bits per heavy atom. The van der Waals surface area contributed by atoms with Gasteiger partial charge in [-0.2, -0.15) is 0 Å². The molecule has 0 radical (unpaired) electrons. The standard InChI is InChI=1S/C50H34N2/c1-2-14-40(15-3-1)51(41-28-24-36(25-29-41)39-23-22-35-12-4-5-13-38(35)34-39)42-30-26-37(27-31-42)43-32-33-50(45-17-7-6-16-44(43)45)52-48-20-10-8-18-46(48)47-19-9-11-21-49(47)52/h1-34H. The molecule has 10 rings (SSSR count). The lowest BCUT2D eigenvalue weighted by atomic mass is 9.96. The summed E-state index contributed by atoms with van der Waals surface area (Å²) in [5.41, 5.74) is 11.8. The molecule has 0 aliphatic heterocycles. The highest BCUT2D eigenvalue weighted by Crippen LogP contribution is 2.40. The number of hydrogen-bond acceptors (Lipinski definition) is 1. The summed E-state index contributed by atoms with van der Waals surface area (Å²) in [4.78, 5) is 2.33. The Kier molecular flexibility index (Phi) is 7.18. The van der Waals surface area contributed by atoms with Crippen LogP contribution in [0.15, 0.2) is 206 Å². The Morgan fingerprint density at radius 1 is 0.308 bits per heavy atom. The number of anilines is 3. The predicted molar refractivity (Wildman–Crippen MR) is 221 cm³/mol. The van der Waals surface area contributed by atoms with E-state index in [4.69, 9.17) is 0 Å². The molecule has 0 saturated heterocycles. The number of rotatable bonds is 6. The van der Waals surface area contributed by atoms with Gasteiger partial charge in [-0.05, 0) is 99.1 Å². The van der Waals surface area contributed by atoms with Crippen molar-refractivity contribution in [2.75, 3.05) is 4.90 Å². The van der Waals surface area contributed by atoms with Gasteiger partial charge in [0.1, 0.15) is 0 Å². The van der Waals surface area contributed by atoms with Gasteiger partial charge in [-0.1, -0.05) is 146 Å². The second kappa shape index (κ2) is 12.5. The molecule has 1 heterocycles. The maximum atomic E-state index is 2.42. The lowest BCUT2D eigenvalue weighted by Crippen LogP contribution is -2.09. The second-order valence-electron chi connectivity index (χ2n) is 13.4. The van der Waals surface area contributed by atoms with Gasteiger partial charge in [-0.3, -0.25) is 0 Å². The molecule has 9 aromatic carbocycles. The summed E-state index contributed by atoms with van der Waals surface area (Å²) in [6.45, 7) is 0. The summed E-state index contributed by atoms with van der Waals surface area (Å²) in [5.74, 6) is 0. The molecular formula is C50H34N2. The zero-order valence-electron chi connectivity index (χ0n) is 28.5. The summed E-state index contributed by atoms with van der Waals surface area (Å²) >= 11 is 0. The summed E-state index contributed by atoms with van der Waals surface area (Å²) < 4.78 is 2.42. The lowest BCUT2D eigenvalue weighted by Gasteiger charge is -2.26. The van der Waals surface area contributed by atoms with Gasteiger partial charge >= 0.3 is 0 Å². The molecule has 0 bridgehead atoms. The van der Waals surface area contributed by atoms with Crippen LogP contribution >= 0.6 is 0 Å². The first-order valence-corrected chi connectivity index (χ1v) is 17.9. The first kappa shape index (κ1) is 30.0. The molecule has 2 nitrogen and oxygen atoms in total. The first-order chi connectivity index (χ1) is 25.8. The van der Waals surface area contributed by atoms with Crippen molar-refractivity contribution >= 4 is 60.4 Å². The molecule has 0 N–H and O–H groups in total. The Bertz CT molecular complexity index is 2830. The third-order valence-corrected chi connectivity index (χ3v) is 10.4. The third-order valence-electron chi connectivity index (χ3n) is 10.4. The number of benzene rings is 9. The molecule has 0 atom stereocenters. The monoisotopic (exact) mass is 662 g/mol. The maximum absolute atomic E-state index is 2.42. The van der Waals surface area contributed by atoms with Gasteiger partial charge in [-0.15, -0.1) is 0 Å². The molecule has 1 aromatic heterocycles. The smallest absolute Gasteiger partial charge is 0.0541 e. The normalized spacial score (nSPS) is 11.5. The Hall–Kier alpha value is -6.90. The minimum atomic E-state index is 1.11. The van der Waals surface area contributed by atoms with Crippen LogP contribution in [-0.2, 0) is 0 Å². The molecule has 10 aromatic rings. The van der Waals surface area contributed by atoms with E-state index in [9.17, 15) is 0 Å². The van der Waals surface area contributed by atoms with E-state index in [0.717, 1.165) is 17.1 Å². The van der Waals surface area contributed by atoms with Crippen LogP contribution in [0.3, 0.4) is 0 Å². The number of fused-ring (bicyclic) bond motifs is 5. The molecule has 0 spiro atoms. The van der Waals surface area contributed by atoms with Gasteiger partial charge in [0.2, 0.25) is 0 Å². The van der Waals surface area contributed by atoms with E-state index in [1.54, 1.807) is 0 Å². The van der Waals surface area contributed by atoms with E-state index >= 15 is 0 Å². The fourth-order valence-corrected chi connectivity index (χ4v) is 7.90. The van der Waals surface area contributed by atoms with E-state index < -0.39 is 0 Å². The van der Waals surface area contributed by atoms with Crippen molar-refractivity contribution in [2.45, 2.75) is 0 Å². The number of hydrogen-bond donors (Lipinski definition) is 0. The maximum Gasteiger partial charge on any atom is 0.0541 e. The van der Waals surface area contributed by atoms with Crippen LogP contribution in [0.2, 0.25) is 0 Å². The quantitative estimate of drug-likeness (QED) is 0.172. The van der Waals surface area contributed by atoms with Crippen molar-refractivity contribution in [3.63, 3.8) is 0 Å². The minimum absolute atomic E-state index is 1.11. The van der Waals surface area contributed by atoms with Crippen molar-refractivity contribution in [2.24, 2.45) is 0 Å². The van der Waals surface area contributed by atoms with E-state index in [0.29, 0.717) is 0 Å². The average Bonchev–Trinajstić information content (AvgIpc) is 3.55. The van der Waals surface area contributed by atoms with Crippen molar-refractivity contribution in [1.82, 2.24) is 4.57 Å². The van der Waals surface area contributed by atoms with Crippen LogP contribution in [-0.4, -0.2) is 4.57 Å². The molecule has 0 fully saturated rings. The van der Waals surface area contributed by atoms with Crippen molar-refractivity contribution in [3.05, 3.63) is 206 Å². The van der Waals surface area contributed by atoms with Crippen molar-refractivity contribution < 1.29 is 0 Å². The van der Waals surface area contributed by atoms with Crippen LogP contribution in [0.4, 0.5) is 17.1 Å².